The number of rotatable bonds is 7. The van der Waals surface area contributed by atoms with Crippen molar-refractivity contribution in [2.75, 3.05) is 39.2 Å². The molecule has 0 saturated heterocycles. The third kappa shape index (κ3) is 4.52. The molecule has 106 valence electrons. The molecular formula is C14H23N3O2. The molecule has 1 aromatic heterocycles. The van der Waals surface area contributed by atoms with Crippen LogP contribution in [0.25, 0.3) is 0 Å². The summed E-state index contributed by atoms with van der Waals surface area (Å²) in [6.45, 7) is 5.94. The van der Waals surface area contributed by atoms with Gasteiger partial charge < -0.3 is 15.0 Å². The Hall–Kier alpha value is -1.62. The Morgan fingerprint density at radius 1 is 1.53 bits per heavy atom. The van der Waals surface area contributed by atoms with Gasteiger partial charge in [-0.15, -0.1) is 0 Å². The third-order valence-corrected chi connectivity index (χ3v) is 2.81. The Morgan fingerprint density at radius 3 is 2.89 bits per heavy atom. The molecule has 0 radical (unpaired) electrons. The van der Waals surface area contributed by atoms with Crippen LogP contribution in [0.1, 0.15) is 29.4 Å². The van der Waals surface area contributed by atoms with Crippen molar-refractivity contribution in [1.82, 2.24) is 9.88 Å². The fourth-order valence-electron chi connectivity index (χ4n) is 1.67. The summed E-state index contributed by atoms with van der Waals surface area (Å²) in [4.78, 5) is 18.2. The van der Waals surface area contributed by atoms with E-state index >= 15 is 0 Å². The van der Waals surface area contributed by atoms with E-state index in [1.54, 1.807) is 25.3 Å². The summed E-state index contributed by atoms with van der Waals surface area (Å²) in [5.74, 6) is -0.0387. The number of aromatic nitrogens is 1. The molecule has 5 nitrogen and oxygen atoms in total. The Kier molecular flexibility index (Phi) is 6.29. The van der Waals surface area contributed by atoms with E-state index in [0.29, 0.717) is 18.7 Å². The average Bonchev–Trinajstić information content (AvgIpc) is 2.41. The van der Waals surface area contributed by atoms with Crippen LogP contribution in [0.4, 0.5) is 5.69 Å². The number of anilines is 1. The van der Waals surface area contributed by atoms with Crippen molar-refractivity contribution in [2.45, 2.75) is 20.3 Å². The molecule has 0 aliphatic rings. The van der Waals surface area contributed by atoms with E-state index in [0.717, 1.165) is 24.3 Å². The Balaban J connectivity index is 2.88. The second kappa shape index (κ2) is 7.74. The molecule has 1 amide bonds. The van der Waals surface area contributed by atoms with Crippen molar-refractivity contribution in [3.05, 3.63) is 23.5 Å². The minimum atomic E-state index is -0.0387. The Bertz CT molecular complexity index is 421. The molecule has 1 heterocycles. The minimum Gasteiger partial charge on any atom is -0.384 e. The lowest BCUT2D eigenvalue weighted by Gasteiger charge is -2.19. The second-order valence-electron chi connectivity index (χ2n) is 4.52. The Morgan fingerprint density at radius 2 is 2.26 bits per heavy atom. The first-order valence-electron chi connectivity index (χ1n) is 6.55. The number of ether oxygens (including phenoxy) is 1. The van der Waals surface area contributed by atoms with Gasteiger partial charge in [0.2, 0.25) is 0 Å². The molecule has 5 heteroatoms. The van der Waals surface area contributed by atoms with Gasteiger partial charge in [-0.25, -0.2) is 0 Å². The minimum absolute atomic E-state index is 0.0387. The fourth-order valence-corrected chi connectivity index (χ4v) is 1.67. The standard InChI is InChI=1S/C14H23N3O2/c1-5-6-15-13-9-11(2)16-10-12(13)14(18)17(3)7-8-19-4/h9-10H,5-8H2,1-4H3,(H,15,16). The third-order valence-electron chi connectivity index (χ3n) is 2.81. The van der Waals surface area contributed by atoms with Crippen molar-refractivity contribution < 1.29 is 9.53 Å². The fraction of sp³-hybridized carbons (Fsp3) is 0.571. The second-order valence-corrected chi connectivity index (χ2v) is 4.52. The van der Waals surface area contributed by atoms with E-state index in [9.17, 15) is 4.79 Å². The number of nitrogens with zero attached hydrogens (tertiary/aromatic N) is 2. The maximum absolute atomic E-state index is 12.3. The zero-order valence-electron chi connectivity index (χ0n) is 12.2. The quantitative estimate of drug-likeness (QED) is 0.818. The van der Waals surface area contributed by atoms with Gasteiger partial charge >= 0.3 is 0 Å². The van der Waals surface area contributed by atoms with Crippen LogP contribution in [0.5, 0.6) is 0 Å². The SMILES string of the molecule is CCCNc1cc(C)ncc1C(=O)N(C)CCOC. The molecule has 1 aromatic rings. The van der Waals surface area contributed by atoms with Gasteiger partial charge in [0, 0.05) is 39.1 Å². The summed E-state index contributed by atoms with van der Waals surface area (Å²) in [6.07, 6.45) is 2.65. The van der Waals surface area contributed by atoms with Crippen LogP contribution < -0.4 is 5.32 Å². The van der Waals surface area contributed by atoms with E-state index < -0.39 is 0 Å². The van der Waals surface area contributed by atoms with E-state index in [2.05, 4.69) is 17.2 Å². The van der Waals surface area contributed by atoms with Gasteiger partial charge in [0.05, 0.1) is 17.9 Å². The van der Waals surface area contributed by atoms with E-state index in [1.165, 1.54) is 0 Å². The summed E-state index contributed by atoms with van der Waals surface area (Å²) >= 11 is 0. The van der Waals surface area contributed by atoms with Gasteiger partial charge in [0.25, 0.3) is 5.91 Å². The first kappa shape index (κ1) is 15.4. The number of hydrogen-bond acceptors (Lipinski definition) is 4. The molecule has 0 atom stereocenters. The molecule has 0 unspecified atom stereocenters. The first-order valence-corrected chi connectivity index (χ1v) is 6.55. The highest BCUT2D eigenvalue weighted by molar-refractivity contribution is 5.99. The van der Waals surface area contributed by atoms with Gasteiger partial charge in [-0.1, -0.05) is 6.92 Å². The number of amides is 1. The lowest BCUT2D eigenvalue weighted by Crippen LogP contribution is -2.30. The highest BCUT2D eigenvalue weighted by Crippen LogP contribution is 2.17. The molecule has 19 heavy (non-hydrogen) atoms. The Labute approximate surface area is 115 Å². The number of likely N-dealkylation sites (N-methyl/N-ethyl adjacent to an activating group) is 1. The van der Waals surface area contributed by atoms with Crippen molar-refractivity contribution in [3.8, 4) is 0 Å². The molecule has 0 aliphatic carbocycles. The van der Waals surface area contributed by atoms with Crippen LogP contribution in [-0.2, 0) is 4.74 Å². The molecule has 0 aromatic carbocycles. The number of nitrogens with one attached hydrogen (secondary N) is 1. The summed E-state index contributed by atoms with van der Waals surface area (Å²) < 4.78 is 4.99. The van der Waals surface area contributed by atoms with Gasteiger partial charge in [0.1, 0.15) is 0 Å². The summed E-state index contributed by atoms with van der Waals surface area (Å²) in [5, 5.41) is 3.28. The van der Waals surface area contributed by atoms with Crippen LogP contribution >= 0.6 is 0 Å². The highest BCUT2D eigenvalue weighted by atomic mass is 16.5. The zero-order valence-corrected chi connectivity index (χ0v) is 12.2. The van der Waals surface area contributed by atoms with Crippen LogP contribution in [0.3, 0.4) is 0 Å². The maximum atomic E-state index is 12.3. The predicted octanol–water partition coefficient (Wildman–Crippen LogP) is 1.93. The predicted molar refractivity (Wildman–Crippen MR) is 76.6 cm³/mol. The van der Waals surface area contributed by atoms with Crippen molar-refractivity contribution in [2.24, 2.45) is 0 Å². The van der Waals surface area contributed by atoms with Crippen LogP contribution in [0.15, 0.2) is 12.3 Å². The van der Waals surface area contributed by atoms with Gasteiger partial charge in [0.15, 0.2) is 0 Å². The number of carbonyl (C=O) groups excluding carboxylic acids is 1. The molecule has 0 fully saturated rings. The number of hydrogen-bond donors (Lipinski definition) is 1. The number of aryl methyl sites for hydroxylation is 1. The molecule has 0 bridgehead atoms. The number of pyridine rings is 1. The normalized spacial score (nSPS) is 10.3. The number of carbonyl (C=O) groups is 1. The number of methoxy groups -OCH3 is 1. The summed E-state index contributed by atoms with van der Waals surface area (Å²) in [7, 11) is 3.39. The molecule has 0 spiro atoms. The average molecular weight is 265 g/mol. The largest absolute Gasteiger partial charge is 0.384 e. The zero-order chi connectivity index (χ0) is 14.3. The summed E-state index contributed by atoms with van der Waals surface area (Å²) in [6, 6.07) is 1.91. The maximum Gasteiger partial charge on any atom is 0.257 e. The van der Waals surface area contributed by atoms with E-state index in [-0.39, 0.29) is 5.91 Å². The smallest absolute Gasteiger partial charge is 0.257 e. The monoisotopic (exact) mass is 265 g/mol. The molecule has 0 saturated carbocycles. The van der Waals surface area contributed by atoms with Crippen molar-refractivity contribution in [1.29, 1.82) is 0 Å². The van der Waals surface area contributed by atoms with Gasteiger partial charge in [-0.3, -0.25) is 9.78 Å². The molecule has 1 rings (SSSR count). The van der Waals surface area contributed by atoms with E-state index in [1.807, 2.05) is 13.0 Å². The lowest BCUT2D eigenvalue weighted by molar-refractivity contribution is 0.0744. The topological polar surface area (TPSA) is 54.5 Å². The van der Waals surface area contributed by atoms with E-state index in [4.69, 9.17) is 4.74 Å². The van der Waals surface area contributed by atoms with Gasteiger partial charge in [-0.2, -0.15) is 0 Å². The first-order chi connectivity index (χ1) is 9.10. The lowest BCUT2D eigenvalue weighted by atomic mass is 10.2. The van der Waals surface area contributed by atoms with Crippen molar-refractivity contribution >= 4 is 11.6 Å². The molecule has 0 aliphatic heterocycles. The molecule has 1 N–H and O–H groups in total. The highest BCUT2D eigenvalue weighted by Gasteiger charge is 2.16. The van der Waals surface area contributed by atoms with Crippen LogP contribution in [-0.4, -0.2) is 49.6 Å². The van der Waals surface area contributed by atoms with Crippen LogP contribution in [0, 0.1) is 6.92 Å². The molecular weight excluding hydrogens is 242 g/mol. The van der Waals surface area contributed by atoms with Crippen molar-refractivity contribution in [3.63, 3.8) is 0 Å². The van der Waals surface area contributed by atoms with Gasteiger partial charge in [-0.05, 0) is 19.4 Å². The summed E-state index contributed by atoms with van der Waals surface area (Å²) in [5.41, 5.74) is 2.36. The van der Waals surface area contributed by atoms with Crippen LogP contribution in [0.2, 0.25) is 0 Å².